The standard InChI is InChI=1S/C18H24N6O/c1-3-14-5-4-6-15(11-14)21-18(25)22-16-12-19-17(20-13-16)24-9-7-23(2)8-10-24/h4-6,11-13H,3,7-10H2,1-2H3,(H2,21,22,25). The molecule has 1 aromatic carbocycles. The molecule has 1 aliphatic heterocycles. The number of nitrogens with zero attached hydrogens (tertiary/aromatic N) is 4. The van der Waals surface area contributed by atoms with E-state index in [0.717, 1.165) is 38.3 Å². The molecule has 0 unspecified atom stereocenters. The Morgan fingerprint density at radius 3 is 2.44 bits per heavy atom. The van der Waals surface area contributed by atoms with Crippen LogP contribution in [0.15, 0.2) is 36.7 Å². The summed E-state index contributed by atoms with van der Waals surface area (Å²) in [6.45, 7) is 5.92. The van der Waals surface area contributed by atoms with Gasteiger partial charge >= 0.3 is 6.03 Å². The lowest BCUT2D eigenvalue weighted by atomic mass is 10.1. The van der Waals surface area contributed by atoms with E-state index in [4.69, 9.17) is 0 Å². The number of aryl methyl sites for hydroxylation is 1. The Balaban J connectivity index is 1.56. The lowest BCUT2D eigenvalue weighted by molar-refractivity contribution is 0.262. The smallest absolute Gasteiger partial charge is 0.323 e. The number of hydrogen-bond acceptors (Lipinski definition) is 5. The van der Waals surface area contributed by atoms with Crippen LogP contribution < -0.4 is 15.5 Å². The van der Waals surface area contributed by atoms with Gasteiger partial charge in [-0.1, -0.05) is 19.1 Å². The molecule has 1 aliphatic rings. The van der Waals surface area contributed by atoms with Crippen LogP contribution in [0.1, 0.15) is 12.5 Å². The van der Waals surface area contributed by atoms with Crippen molar-refractivity contribution < 1.29 is 4.79 Å². The van der Waals surface area contributed by atoms with Crippen molar-refractivity contribution in [2.24, 2.45) is 0 Å². The Labute approximate surface area is 148 Å². The molecule has 132 valence electrons. The summed E-state index contributed by atoms with van der Waals surface area (Å²) in [5.74, 6) is 0.703. The molecule has 7 heteroatoms. The van der Waals surface area contributed by atoms with Gasteiger partial charge in [0.2, 0.25) is 5.95 Å². The highest BCUT2D eigenvalue weighted by molar-refractivity contribution is 5.99. The van der Waals surface area contributed by atoms with Gasteiger partial charge in [-0.05, 0) is 31.2 Å². The van der Waals surface area contributed by atoms with Gasteiger partial charge in [-0.15, -0.1) is 0 Å². The molecule has 2 aromatic rings. The number of carbonyl (C=O) groups is 1. The van der Waals surface area contributed by atoms with Crippen molar-refractivity contribution >= 4 is 23.4 Å². The first kappa shape index (κ1) is 17.2. The molecule has 0 saturated carbocycles. The second-order valence-corrected chi connectivity index (χ2v) is 6.20. The zero-order chi connectivity index (χ0) is 17.6. The summed E-state index contributed by atoms with van der Waals surface area (Å²) < 4.78 is 0. The van der Waals surface area contributed by atoms with Crippen molar-refractivity contribution in [1.82, 2.24) is 14.9 Å². The fourth-order valence-corrected chi connectivity index (χ4v) is 2.72. The fourth-order valence-electron chi connectivity index (χ4n) is 2.72. The van der Waals surface area contributed by atoms with E-state index < -0.39 is 0 Å². The van der Waals surface area contributed by atoms with Gasteiger partial charge in [0.05, 0.1) is 18.1 Å². The molecular weight excluding hydrogens is 316 g/mol. The van der Waals surface area contributed by atoms with Gasteiger partial charge in [-0.3, -0.25) is 0 Å². The highest BCUT2D eigenvalue weighted by atomic mass is 16.2. The van der Waals surface area contributed by atoms with Crippen LogP contribution in [0.2, 0.25) is 0 Å². The number of hydrogen-bond donors (Lipinski definition) is 2. The monoisotopic (exact) mass is 340 g/mol. The van der Waals surface area contributed by atoms with E-state index in [0.29, 0.717) is 11.6 Å². The lowest BCUT2D eigenvalue weighted by Gasteiger charge is -2.32. The largest absolute Gasteiger partial charge is 0.338 e. The van der Waals surface area contributed by atoms with E-state index in [1.54, 1.807) is 12.4 Å². The Morgan fingerprint density at radius 1 is 1.08 bits per heavy atom. The summed E-state index contributed by atoms with van der Waals surface area (Å²) >= 11 is 0. The number of carbonyl (C=O) groups excluding carboxylic acids is 1. The van der Waals surface area contributed by atoms with Crippen molar-refractivity contribution in [3.05, 3.63) is 42.2 Å². The van der Waals surface area contributed by atoms with E-state index in [9.17, 15) is 4.79 Å². The van der Waals surface area contributed by atoms with Crippen molar-refractivity contribution in [2.75, 3.05) is 48.8 Å². The van der Waals surface area contributed by atoms with Gasteiger partial charge in [-0.25, -0.2) is 14.8 Å². The van der Waals surface area contributed by atoms with Crippen LogP contribution in [-0.4, -0.2) is 54.1 Å². The molecule has 25 heavy (non-hydrogen) atoms. The van der Waals surface area contributed by atoms with Gasteiger partial charge < -0.3 is 20.4 Å². The maximum absolute atomic E-state index is 12.1. The second-order valence-electron chi connectivity index (χ2n) is 6.20. The highest BCUT2D eigenvalue weighted by Crippen LogP contribution is 2.14. The Bertz CT molecular complexity index is 710. The molecular formula is C18H24N6O. The normalized spacial score (nSPS) is 15.0. The maximum atomic E-state index is 12.1. The van der Waals surface area contributed by atoms with E-state index >= 15 is 0 Å². The lowest BCUT2D eigenvalue weighted by Crippen LogP contribution is -2.45. The van der Waals surface area contributed by atoms with Gasteiger partial charge in [0.1, 0.15) is 0 Å². The molecule has 1 fully saturated rings. The van der Waals surface area contributed by atoms with Crippen LogP contribution in [0.5, 0.6) is 0 Å². The van der Waals surface area contributed by atoms with Crippen LogP contribution in [0.4, 0.5) is 22.1 Å². The topological polar surface area (TPSA) is 73.4 Å². The number of benzene rings is 1. The molecule has 0 radical (unpaired) electrons. The first-order chi connectivity index (χ1) is 12.1. The molecule has 2 heterocycles. The van der Waals surface area contributed by atoms with E-state index in [1.807, 2.05) is 24.3 Å². The number of urea groups is 1. The zero-order valence-electron chi connectivity index (χ0n) is 14.7. The summed E-state index contributed by atoms with van der Waals surface area (Å²) in [6.07, 6.45) is 4.21. The fraction of sp³-hybridized carbons (Fsp3) is 0.389. The van der Waals surface area contributed by atoms with Crippen LogP contribution in [0, 0.1) is 0 Å². The first-order valence-electron chi connectivity index (χ1n) is 8.56. The minimum atomic E-state index is -0.302. The summed E-state index contributed by atoms with van der Waals surface area (Å²) in [7, 11) is 2.11. The minimum Gasteiger partial charge on any atom is -0.338 e. The number of nitrogens with one attached hydrogen (secondary N) is 2. The number of amides is 2. The summed E-state index contributed by atoms with van der Waals surface area (Å²) in [4.78, 5) is 25.3. The molecule has 7 nitrogen and oxygen atoms in total. The molecule has 2 amide bonds. The summed E-state index contributed by atoms with van der Waals surface area (Å²) in [6, 6.07) is 7.50. The number of rotatable bonds is 4. The number of anilines is 3. The summed E-state index contributed by atoms with van der Waals surface area (Å²) in [5, 5.41) is 5.59. The van der Waals surface area contributed by atoms with E-state index in [1.165, 1.54) is 5.56 Å². The Hall–Kier alpha value is -2.67. The van der Waals surface area contributed by atoms with Gasteiger partial charge in [0.15, 0.2) is 0 Å². The first-order valence-corrected chi connectivity index (χ1v) is 8.56. The molecule has 0 aliphatic carbocycles. The van der Waals surface area contributed by atoms with E-state index in [2.05, 4.69) is 44.4 Å². The van der Waals surface area contributed by atoms with Crippen molar-refractivity contribution in [3.8, 4) is 0 Å². The van der Waals surface area contributed by atoms with Gasteiger partial charge in [0.25, 0.3) is 0 Å². The predicted octanol–water partition coefficient (Wildman–Crippen LogP) is 2.43. The quantitative estimate of drug-likeness (QED) is 0.894. The van der Waals surface area contributed by atoms with Crippen LogP contribution in [0.25, 0.3) is 0 Å². The second kappa shape index (κ2) is 7.94. The van der Waals surface area contributed by atoms with Crippen LogP contribution in [0.3, 0.4) is 0 Å². The third-order valence-corrected chi connectivity index (χ3v) is 4.28. The SMILES string of the molecule is CCc1cccc(NC(=O)Nc2cnc(N3CCN(C)CC3)nc2)c1. The maximum Gasteiger partial charge on any atom is 0.323 e. The van der Waals surface area contributed by atoms with Gasteiger partial charge in [0, 0.05) is 31.9 Å². The number of aromatic nitrogens is 2. The number of likely N-dealkylation sites (N-methyl/N-ethyl adjacent to an activating group) is 1. The molecule has 0 bridgehead atoms. The molecule has 2 N–H and O–H groups in total. The van der Waals surface area contributed by atoms with E-state index in [-0.39, 0.29) is 6.03 Å². The Kier molecular flexibility index (Phi) is 5.45. The zero-order valence-corrected chi connectivity index (χ0v) is 14.7. The van der Waals surface area contributed by atoms with Crippen LogP contribution >= 0.6 is 0 Å². The minimum absolute atomic E-state index is 0.302. The average Bonchev–Trinajstić information content (AvgIpc) is 2.63. The van der Waals surface area contributed by atoms with Gasteiger partial charge in [-0.2, -0.15) is 0 Å². The average molecular weight is 340 g/mol. The molecule has 1 saturated heterocycles. The molecule has 1 aromatic heterocycles. The van der Waals surface area contributed by atoms with Crippen molar-refractivity contribution in [3.63, 3.8) is 0 Å². The van der Waals surface area contributed by atoms with Crippen molar-refractivity contribution in [2.45, 2.75) is 13.3 Å². The number of piperazine rings is 1. The molecule has 0 atom stereocenters. The predicted molar refractivity (Wildman–Crippen MR) is 100 cm³/mol. The molecule has 0 spiro atoms. The third kappa shape index (κ3) is 4.67. The van der Waals surface area contributed by atoms with Crippen LogP contribution in [-0.2, 0) is 6.42 Å². The third-order valence-electron chi connectivity index (χ3n) is 4.28. The van der Waals surface area contributed by atoms with Crippen molar-refractivity contribution in [1.29, 1.82) is 0 Å². The summed E-state index contributed by atoms with van der Waals surface area (Å²) in [5.41, 5.74) is 2.52. The highest BCUT2D eigenvalue weighted by Gasteiger charge is 2.16. The molecule has 3 rings (SSSR count). The Morgan fingerprint density at radius 2 is 1.76 bits per heavy atom.